The molecule has 0 amide bonds. The van der Waals surface area contributed by atoms with Crippen LogP contribution in [0, 0.1) is 6.92 Å². The fourth-order valence-corrected chi connectivity index (χ4v) is 3.44. The minimum Gasteiger partial charge on any atom is -0.354 e. The normalized spacial score (nSPS) is 11.8. The van der Waals surface area contributed by atoms with Gasteiger partial charge in [0.1, 0.15) is 11.3 Å². The van der Waals surface area contributed by atoms with Gasteiger partial charge in [-0.3, -0.25) is 0 Å². The molecular weight excluding hydrogens is 310 g/mol. The maximum atomic E-state index is 4.59. The lowest BCUT2D eigenvalue weighted by atomic mass is 10.1. The molecule has 3 aromatic heterocycles. The minimum absolute atomic E-state index is 0.829. The molecule has 0 aliphatic carbocycles. The van der Waals surface area contributed by atoms with E-state index in [2.05, 4.69) is 63.1 Å². The number of pyridine rings is 1. The Bertz CT molecular complexity index is 1030. The van der Waals surface area contributed by atoms with Gasteiger partial charge in [-0.25, -0.2) is 9.97 Å². The van der Waals surface area contributed by atoms with Crippen molar-refractivity contribution in [2.45, 2.75) is 26.8 Å². The SMILES string of the molecule is CCCN(C)Cc1ccc2[nH]c(-c3ccnc4[nH]c(C)nc34)cc2c1. The summed E-state index contributed by atoms with van der Waals surface area (Å²) in [6.45, 7) is 6.26. The maximum absolute atomic E-state index is 4.59. The summed E-state index contributed by atoms with van der Waals surface area (Å²) in [6, 6.07) is 10.9. The van der Waals surface area contributed by atoms with E-state index in [9.17, 15) is 0 Å². The number of H-pyrrole nitrogens is 2. The average molecular weight is 333 g/mol. The number of hydrogen-bond donors (Lipinski definition) is 2. The quantitative estimate of drug-likeness (QED) is 0.574. The van der Waals surface area contributed by atoms with Crippen molar-refractivity contribution in [1.82, 2.24) is 24.8 Å². The molecule has 1 aromatic carbocycles. The Labute approximate surface area is 147 Å². The Hall–Kier alpha value is -2.66. The number of rotatable bonds is 5. The van der Waals surface area contributed by atoms with Crippen LogP contribution in [0.25, 0.3) is 33.3 Å². The number of imidazole rings is 1. The highest BCUT2D eigenvalue weighted by Crippen LogP contribution is 2.29. The van der Waals surface area contributed by atoms with Crippen molar-refractivity contribution >= 4 is 22.1 Å². The third-order valence-electron chi connectivity index (χ3n) is 4.54. The van der Waals surface area contributed by atoms with Crippen LogP contribution in [0.2, 0.25) is 0 Å². The van der Waals surface area contributed by atoms with Crippen LogP contribution in [0.4, 0.5) is 0 Å². The van der Waals surface area contributed by atoms with Gasteiger partial charge in [0, 0.05) is 34.9 Å². The summed E-state index contributed by atoms with van der Waals surface area (Å²) in [5, 5.41) is 1.23. The van der Waals surface area contributed by atoms with E-state index in [4.69, 9.17) is 0 Å². The van der Waals surface area contributed by atoms with Crippen LogP contribution in [0.5, 0.6) is 0 Å². The third kappa shape index (κ3) is 3.03. The fraction of sp³-hybridized carbons (Fsp3) is 0.300. The van der Waals surface area contributed by atoms with Gasteiger partial charge in [-0.05, 0) is 56.8 Å². The fourth-order valence-electron chi connectivity index (χ4n) is 3.44. The molecule has 2 N–H and O–H groups in total. The first-order chi connectivity index (χ1) is 12.1. The highest BCUT2D eigenvalue weighted by Gasteiger charge is 2.11. The van der Waals surface area contributed by atoms with Crippen molar-refractivity contribution in [3.63, 3.8) is 0 Å². The lowest BCUT2D eigenvalue weighted by molar-refractivity contribution is 0.327. The Morgan fingerprint density at radius 1 is 1.12 bits per heavy atom. The first-order valence-corrected chi connectivity index (χ1v) is 8.76. The van der Waals surface area contributed by atoms with Gasteiger partial charge in [-0.15, -0.1) is 0 Å². The Balaban J connectivity index is 1.73. The van der Waals surface area contributed by atoms with E-state index in [1.54, 1.807) is 0 Å². The molecular formula is C20H23N5. The van der Waals surface area contributed by atoms with Crippen molar-refractivity contribution in [3.8, 4) is 11.3 Å². The molecule has 128 valence electrons. The summed E-state index contributed by atoms with van der Waals surface area (Å²) < 4.78 is 0. The van der Waals surface area contributed by atoms with E-state index >= 15 is 0 Å². The van der Waals surface area contributed by atoms with Gasteiger partial charge in [0.05, 0.1) is 0 Å². The molecule has 0 aliphatic rings. The molecule has 0 aliphatic heterocycles. The summed E-state index contributed by atoms with van der Waals surface area (Å²) in [4.78, 5) is 18.0. The molecule has 0 saturated heterocycles. The number of hydrogen-bond acceptors (Lipinski definition) is 3. The summed E-state index contributed by atoms with van der Waals surface area (Å²) in [7, 11) is 2.17. The lowest BCUT2D eigenvalue weighted by Crippen LogP contribution is -2.18. The minimum atomic E-state index is 0.829. The monoisotopic (exact) mass is 333 g/mol. The van der Waals surface area contributed by atoms with Crippen LogP contribution < -0.4 is 0 Å². The van der Waals surface area contributed by atoms with E-state index in [1.807, 2.05) is 19.2 Å². The van der Waals surface area contributed by atoms with Gasteiger partial charge in [0.25, 0.3) is 0 Å². The number of nitrogens with one attached hydrogen (secondary N) is 2. The molecule has 4 aromatic rings. The zero-order chi connectivity index (χ0) is 17.4. The van der Waals surface area contributed by atoms with Gasteiger partial charge in [0.15, 0.2) is 5.65 Å². The van der Waals surface area contributed by atoms with Gasteiger partial charge < -0.3 is 14.9 Å². The summed E-state index contributed by atoms with van der Waals surface area (Å²) in [5.74, 6) is 0.882. The van der Waals surface area contributed by atoms with Crippen LogP contribution in [0.1, 0.15) is 24.7 Å². The number of aryl methyl sites for hydroxylation is 1. The maximum Gasteiger partial charge on any atom is 0.158 e. The Morgan fingerprint density at radius 3 is 2.84 bits per heavy atom. The molecule has 0 radical (unpaired) electrons. The lowest BCUT2D eigenvalue weighted by Gasteiger charge is -2.15. The number of benzene rings is 1. The van der Waals surface area contributed by atoms with Gasteiger partial charge in [0.2, 0.25) is 0 Å². The molecule has 4 rings (SSSR count). The molecule has 0 fully saturated rings. The average Bonchev–Trinajstić information content (AvgIpc) is 3.16. The number of aromatic nitrogens is 4. The first kappa shape index (κ1) is 15.8. The summed E-state index contributed by atoms with van der Waals surface area (Å²) >= 11 is 0. The summed E-state index contributed by atoms with van der Waals surface area (Å²) in [5.41, 5.74) is 6.38. The molecule has 0 atom stereocenters. The van der Waals surface area contributed by atoms with Gasteiger partial charge in [-0.2, -0.15) is 0 Å². The predicted molar refractivity (Wildman–Crippen MR) is 103 cm³/mol. The van der Waals surface area contributed by atoms with Crippen LogP contribution in [0.3, 0.4) is 0 Å². The first-order valence-electron chi connectivity index (χ1n) is 8.76. The van der Waals surface area contributed by atoms with Crippen LogP contribution in [-0.4, -0.2) is 38.4 Å². The molecule has 25 heavy (non-hydrogen) atoms. The third-order valence-corrected chi connectivity index (χ3v) is 4.54. The van der Waals surface area contributed by atoms with E-state index < -0.39 is 0 Å². The predicted octanol–water partition coefficient (Wildman–Crippen LogP) is 4.26. The Morgan fingerprint density at radius 2 is 2.00 bits per heavy atom. The van der Waals surface area contributed by atoms with Crippen molar-refractivity contribution in [2.75, 3.05) is 13.6 Å². The number of fused-ring (bicyclic) bond motifs is 2. The molecule has 0 bridgehead atoms. The second kappa shape index (κ2) is 6.33. The zero-order valence-electron chi connectivity index (χ0n) is 14.9. The molecule has 5 heteroatoms. The highest BCUT2D eigenvalue weighted by molar-refractivity contribution is 5.94. The van der Waals surface area contributed by atoms with Gasteiger partial charge in [-0.1, -0.05) is 13.0 Å². The topological polar surface area (TPSA) is 60.6 Å². The van der Waals surface area contributed by atoms with E-state index in [0.29, 0.717) is 0 Å². The van der Waals surface area contributed by atoms with Crippen molar-refractivity contribution in [2.24, 2.45) is 0 Å². The molecule has 0 saturated carbocycles. The second-order valence-electron chi connectivity index (χ2n) is 6.72. The van der Waals surface area contributed by atoms with Crippen LogP contribution in [-0.2, 0) is 6.54 Å². The Kier molecular flexibility index (Phi) is 4.01. The zero-order valence-corrected chi connectivity index (χ0v) is 14.9. The highest BCUT2D eigenvalue weighted by atomic mass is 15.1. The molecule has 3 heterocycles. The van der Waals surface area contributed by atoms with Crippen LogP contribution in [0.15, 0.2) is 36.5 Å². The van der Waals surface area contributed by atoms with Crippen molar-refractivity contribution in [3.05, 3.63) is 47.9 Å². The van der Waals surface area contributed by atoms with Gasteiger partial charge >= 0.3 is 0 Å². The van der Waals surface area contributed by atoms with E-state index in [0.717, 1.165) is 46.9 Å². The van der Waals surface area contributed by atoms with Crippen molar-refractivity contribution in [1.29, 1.82) is 0 Å². The van der Waals surface area contributed by atoms with E-state index in [-0.39, 0.29) is 0 Å². The largest absolute Gasteiger partial charge is 0.354 e. The van der Waals surface area contributed by atoms with Crippen molar-refractivity contribution < 1.29 is 0 Å². The second-order valence-corrected chi connectivity index (χ2v) is 6.72. The molecule has 5 nitrogen and oxygen atoms in total. The molecule has 0 spiro atoms. The number of aromatic amines is 2. The van der Waals surface area contributed by atoms with Crippen LogP contribution >= 0.6 is 0 Å². The number of nitrogens with zero attached hydrogens (tertiary/aromatic N) is 3. The standard InChI is InChI=1S/C20H23N5/c1-4-9-25(3)12-14-5-6-17-15(10-14)11-18(24-17)16-7-8-21-20-19(16)22-13(2)23-20/h5-8,10-11,24H,4,9,12H2,1-3H3,(H,21,22,23). The summed E-state index contributed by atoms with van der Waals surface area (Å²) in [6.07, 6.45) is 3.00. The molecule has 0 unspecified atom stereocenters. The van der Waals surface area contributed by atoms with E-state index in [1.165, 1.54) is 17.4 Å². The smallest absolute Gasteiger partial charge is 0.158 e.